The maximum atomic E-state index is 15.2. The average molecular weight is 1630 g/mol. The summed E-state index contributed by atoms with van der Waals surface area (Å²) in [6.07, 6.45) is 6.73. The van der Waals surface area contributed by atoms with Gasteiger partial charge in [-0.1, -0.05) is 124 Å². The fourth-order valence-electron chi connectivity index (χ4n) is 12.8. The molecule has 11 atom stereocenters. The number of nitrogens with two attached hydrogens (primary N) is 2. The highest BCUT2D eigenvalue weighted by Gasteiger charge is 2.39. The van der Waals surface area contributed by atoms with E-state index in [1.807, 2.05) is 24.3 Å². The number of benzene rings is 4. The van der Waals surface area contributed by atoms with Crippen molar-refractivity contribution >= 4 is 111 Å². The van der Waals surface area contributed by atoms with Crippen molar-refractivity contribution in [2.45, 2.75) is 145 Å². The summed E-state index contributed by atoms with van der Waals surface area (Å²) in [7, 11) is 2.90. The fraction of sp³-hybridized carbons (Fsp3) is 0.410. The minimum Gasteiger partial charge on any atom is -0.394 e. The molecule has 1 saturated heterocycles. The minimum absolute atomic E-state index is 0.00134. The number of H-pyrrole nitrogens is 2. The van der Waals surface area contributed by atoms with Gasteiger partial charge in [0.05, 0.1) is 55.8 Å². The Balaban J connectivity index is 1.17. The van der Waals surface area contributed by atoms with Crippen molar-refractivity contribution in [3.63, 3.8) is 0 Å². The number of carbonyl (C=O) groups is 14. The Kier molecular flexibility index (Phi) is 34.1. The number of aliphatic hydroxyl groups excluding tert-OH is 1. The first-order chi connectivity index (χ1) is 56.1. The number of hydrogen-bond donors (Lipinski definition) is 19. The van der Waals surface area contributed by atoms with Gasteiger partial charge in [0.25, 0.3) is 0 Å². The molecule has 39 heteroatoms. The molecule has 1 aliphatic heterocycles. The van der Waals surface area contributed by atoms with Crippen LogP contribution in [-0.2, 0) is 113 Å². The second kappa shape index (κ2) is 44.6. The summed E-state index contributed by atoms with van der Waals surface area (Å²) in [4.78, 5) is 222. The van der Waals surface area contributed by atoms with Gasteiger partial charge in [0.15, 0.2) is 5.96 Å². The zero-order chi connectivity index (χ0) is 84.7. The molecule has 0 aliphatic carbocycles. The summed E-state index contributed by atoms with van der Waals surface area (Å²) in [5, 5.41) is 54.1. The smallest absolute Gasteiger partial charge is 0.245 e. The molecular weight excluding hydrogens is 1530 g/mol. The van der Waals surface area contributed by atoms with Gasteiger partial charge in [-0.25, -0.2) is 15.0 Å². The molecular formula is C78H101N23O15S. The number of thioether (sulfide) groups is 1. The molecule has 0 bridgehead atoms. The van der Waals surface area contributed by atoms with E-state index in [0.717, 1.165) is 22.0 Å². The summed E-state index contributed by atoms with van der Waals surface area (Å²) < 4.78 is 1.56. The van der Waals surface area contributed by atoms with Gasteiger partial charge < -0.3 is 105 Å². The Labute approximate surface area is 677 Å². The van der Waals surface area contributed by atoms with E-state index >= 15 is 19.2 Å². The van der Waals surface area contributed by atoms with Crippen LogP contribution in [0.2, 0.25) is 0 Å². The Hall–Kier alpha value is -13.1. The lowest BCUT2D eigenvalue weighted by atomic mass is 9.96. The number of nitrogens with one attached hydrogen (secondary N) is 16. The number of amides is 14. The van der Waals surface area contributed by atoms with E-state index in [0.29, 0.717) is 27.8 Å². The van der Waals surface area contributed by atoms with Crippen LogP contribution in [0.1, 0.15) is 73.8 Å². The van der Waals surface area contributed by atoms with Gasteiger partial charge in [0, 0.05) is 89.2 Å². The lowest BCUT2D eigenvalue weighted by Gasteiger charge is -2.33. The number of hydrogen-bond acceptors (Lipinski definition) is 20. The number of aliphatic hydroxyl groups is 1. The summed E-state index contributed by atoms with van der Waals surface area (Å²) in [6, 6.07) is 12.8. The highest BCUT2D eigenvalue weighted by atomic mass is 32.2. The summed E-state index contributed by atoms with van der Waals surface area (Å²) in [5.41, 5.74) is 13.6. The number of fused-ring (bicyclic) bond motifs is 1. The van der Waals surface area contributed by atoms with Crippen molar-refractivity contribution in [1.82, 2.24) is 104 Å². The Bertz CT molecular complexity index is 4590. The van der Waals surface area contributed by atoms with E-state index in [-0.39, 0.29) is 81.5 Å². The van der Waals surface area contributed by atoms with Gasteiger partial charge in [0.2, 0.25) is 82.7 Å². The van der Waals surface area contributed by atoms with E-state index in [1.54, 1.807) is 111 Å². The molecule has 4 aromatic carbocycles. The van der Waals surface area contributed by atoms with Crippen LogP contribution in [-0.4, -0.2) is 239 Å². The van der Waals surface area contributed by atoms with Crippen LogP contribution < -0.4 is 80.6 Å². The van der Waals surface area contributed by atoms with Crippen molar-refractivity contribution in [2.75, 3.05) is 44.8 Å². The maximum absolute atomic E-state index is 15.2. The second-order valence-electron chi connectivity index (χ2n) is 28.3. The van der Waals surface area contributed by atoms with Crippen molar-refractivity contribution in [3.8, 4) is 0 Å². The predicted octanol–water partition coefficient (Wildman–Crippen LogP) is -3.76. The molecule has 1 fully saturated rings. The zero-order valence-electron chi connectivity index (χ0n) is 65.3. The largest absolute Gasteiger partial charge is 0.394 e. The van der Waals surface area contributed by atoms with E-state index < -0.39 is 186 Å². The van der Waals surface area contributed by atoms with Crippen LogP contribution >= 0.6 is 11.8 Å². The van der Waals surface area contributed by atoms with Crippen molar-refractivity contribution in [3.05, 3.63) is 174 Å². The number of carbonyl (C=O) groups excluding carboxylic acids is 14. The molecule has 3 aromatic heterocycles. The number of nitrogens with zero attached hydrogens (tertiary/aromatic N) is 5. The third-order valence-electron chi connectivity index (χ3n) is 19.2. The van der Waals surface area contributed by atoms with Crippen molar-refractivity contribution < 1.29 is 72.2 Å². The highest BCUT2D eigenvalue weighted by molar-refractivity contribution is 8.00. The molecule has 4 heterocycles. The van der Waals surface area contributed by atoms with Crippen molar-refractivity contribution in [2.24, 2.45) is 24.4 Å². The fourth-order valence-corrected chi connectivity index (χ4v) is 13.6. The van der Waals surface area contributed by atoms with Gasteiger partial charge in [-0.15, -0.1) is 11.8 Å². The van der Waals surface area contributed by atoms with E-state index in [2.05, 4.69) is 94.0 Å². The highest BCUT2D eigenvalue weighted by Crippen LogP contribution is 2.22. The second-order valence-corrected chi connectivity index (χ2v) is 29.3. The summed E-state index contributed by atoms with van der Waals surface area (Å²) in [5.74, 6) is -15.0. The number of aromatic amines is 2. The van der Waals surface area contributed by atoms with Gasteiger partial charge in [-0.3, -0.25) is 72.5 Å². The Morgan fingerprint density at radius 3 is 1.70 bits per heavy atom. The minimum atomic E-state index is -1.81. The third-order valence-corrected chi connectivity index (χ3v) is 20.2. The van der Waals surface area contributed by atoms with Crippen LogP contribution in [0.3, 0.4) is 0 Å². The maximum Gasteiger partial charge on any atom is 0.245 e. The molecule has 21 N–H and O–H groups in total. The summed E-state index contributed by atoms with van der Waals surface area (Å²) >= 11 is 0.826. The number of rotatable bonds is 22. The monoisotopic (exact) mass is 1630 g/mol. The van der Waals surface area contributed by atoms with Crippen LogP contribution in [0.4, 0.5) is 0 Å². The van der Waals surface area contributed by atoms with Crippen LogP contribution in [0.5, 0.6) is 0 Å². The molecule has 14 amide bonds. The number of primary amides is 1. The molecule has 1 aliphatic rings. The molecule has 8 rings (SSSR count). The SMILES string of the molecule is CCC1NC(=O)C(Cc2c[nH]cn2)NC(=O)C(Cc2ccccc2)N(C)C(=O)C(CCCNC(=N)N)NC(=O)C(CO)NC(=O)CNC(=O)C(Cc2c[nH]cn2)NC(=O)C(Cc2cccc3ccccc23)NC(=O)C(C(C)C)NC(=O)C(Cc2ccccc2)NC(=O)CSCC(C(=O)NCC(N)=O)NC(=O)C(Cc2cncn2C)NC1=O. The molecule has 117 heavy (non-hydrogen) atoms. The van der Waals surface area contributed by atoms with E-state index in [9.17, 15) is 53.1 Å². The molecule has 38 nitrogen and oxygen atoms in total. The number of likely N-dealkylation sites (N-methyl/N-ethyl adjacent to an activating group) is 1. The first-order valence-electron chi connectivity index (χ1n) is 37.9. The quantitative estimate of drug-likeness (QED) is 0.0176. The number of aromatic nitrogens is 6. The zero-order valence-corrected chi connectivity index (χ0v) is 66.1. The van der Waals surface area contributed by atoms with E-state index in [1.165, 1.54) is 44.6 Å². The first-order valence-corrected chi connectivity index (χ1v) is 39.1. The topological polar surface area (TPSA) is 570 Å². The van der Waals surface area contributed by atoms with Crippen LogP contribution in [0, 0.1) is 11.3 Å². The molecule has 624 valence electrons. The lowest BCUT2D eigenvalue weighted by Crippen LogP contribution is -2.61. The average Bonchev–Trinajstić information content (AvgIpc) is 1.14. The molecule has 0 radical (unpaired) electrons. The number of aryl methyl sites for hydroxylation is 1. The van der Waals surface area contributed by atoms with Gasteiger partial charge in [-0.2, -0.15) is 0 Å². The van der Waals surface area contributed by atoms with E-state index in [4.69, 9.17) is 16.9 Å². The molecule has 0 saturated carbocycles. The van der Waals surface area contributed by atoms with Crippen LogP contribution in [0.15, 0.2) is 141 Å². The van der Waals surface area contributed by atoms with Gasteiger partial charge in [-0.05, 0) is 52.6 Å². The third kappa shape index (κ3) is 27.6. The summed E-state index contributed by atoms with van der Waals surface area (Å²) in [6.45, 7) is 2.20. The first kappa shape index (κ1) is 89.5. The molecule has 11 unspecified atom stereocenters. The Morgan fingerprint density at radius 1 is 0.573 bits per heavy atom. The van der Waals surface area contributed by atoms with Gasteiger partial charge >= 0.3 is 0 Å². The van der Waals surface area contributed by atoms with Gasteiger partial charge in [0.1, 0.15) is 66.5 Å². The predicted molar refractivity (Wildman–Crippen MR) is 429 cm³/mol. The Morgan fingerprint density at radius 2 is 1.10 bits per heavy atom. The number of guanidine groups is 1. The lowest BCUT2D eigenvalue weighted by molar-refractivity contribution is -0.143. The normalized spacial score (nSPS) is 22.3. The standard InChI is InChI=1S/C78H101N23O15S/c1-6-53-69(108)95-59(32-51-35-84-43-100(51)4)72(111)98-61(68(107)86-36-63(79)103)39-117-40-65(105)90-55(27-45-17-9-7-10-18-45)73(112)99-66(44(2)3)76(115)97-56(29-48-23-15-22-47-21-13-14-24-52(47)48)70(109)94-57(30-49-33-82-41-88-49)67(106)87-37-64(104)91-60(38-102)74(113)93-54(25-16-26-85-78(80)81)77(116)101(5)62(28-46-19-11-8-12-20-46)75(114)96-58(71(110)92-53)31-50-34-83-42-89-50/h7-15,17-24,33-35,41-44,53-62,66,102H,6,16,25-32,36-40H2,1-5H3,(H2,79,103)(H,82,88)(H,83,89)(H,86,107)(H,87,106)(H,90,105)(H,91,104)(H,92,110)(H,93,113)(H,94,109)(H,95,108)(H,96,114)(H,97,115)(H,98,111)(H,99,112)(H4,80,81,85). The molecule has 0 spiro atoms. The van der Waals surface area contributed by atoms with Crippen LogP contribution in [0.25, 0.3) is 10.8 Å². The number of imidazole rings is 3. The molecule has 7 aromatic rings. The van der Waals surface area contributed by atoms with Crippen molar-refractivity contribution in [1.29, 1.82) is 5.41 Å².